The van der Waals surface area contributed by atoms with Crippen LogP contribution >= 0.6 is 11.6 Å². The topological polar surface area (TPSA) is 61.6 Å². The maximum Gasteiger partial charge on any atom is 0.251 e. The Morgan fingerprint density at radius 1 is 1.17 bits per heavy atom. The minimum Gasteiger partial charge on any atom is -0.440 e. The van der Waals surface area contributed by atoms with Crippen LogP contribution in [0.25, 0.3) is 11.1 Å². The summed E-state index contributed by atoms with van der Waals surface area (Å²) in [5, 5.41) is 3.78. The van der Waals surface area contributed by atoms with Crippen molar-refractivity contribution in [3.63, 3.8) is 0 Å². The molecule has 1 aromatic heterocycles. The van der Waals surface area contributed by atoms with Crippen molar-refractivity contribution in [3.05, 3.63) is 58.9 Å². The van der Waals surface area contributed by atoms with E-state index < -0.39 is 0 Å². The van der Waals surface area contributed by atoms with Gasteiger partial charge >= 0.3 is 0 Å². The van der Waals surface area contributed by atoms with Gasteiger partial charge in [0.2, 0.25) is 0 Å². The Balaban J connectivity index is 1.25. The fourth-order valence-corrected chi connectivity index (χ4v) is 3.85. The van der Waals surface area contributed by atoms with Gasteiger partial charge in [-0.25, -0.2) is 4.98 Å². The molecule has 4 rings (SSSR count). The molecule has 0 bridgehead atoms. The van der Waals surface area contributed by atoms with Crippen LogP contribution in [0.4, 0.5) is 5.69 Å². The molecule has 1 aliphatic rings. The monoisotopic (exact) mass is 426 g/mol. The lowest BCUT2D eigenvalue weighted by Crippen LogP contribution is -2.48. The van der Waals surface area contributed by atoms with Crippen LogP contribution in [0.3, 0.4) is 0 Å². The normalized spacial score (nSPS) is 15.1. The summed E-state index contributed by atoms with van der Waals surface area (Å²) in [5.41, 5.74) is 3.20. The average molecular weight is 427 g/mol. The summed E-state index contributed by atoms with van der Waals surface area (Å²) in [6, 6.07) is 13.4. The maximum absolute atomic E-state index is 12.5. The Hall–Kier alpha value is -2.57. The lowest BCUT2D eigenvalue weighted by Gasteiger charge is -2.36. The zero-order valence-electron chi connectivity index (χ0n) is 17.4. The molecule has 0 aliphatic carbocycles. The number of carbonyl (C=O) groups is 1. The van der Waals surface area contributed by atoms with E-state index in [2.05, 4.69) is 26.2 Å². The molecular weight excluding hydrogens is 400 g/mol. The average Bonchev–Trinajstić information content (AvgIpc) is 3.18. The number of hydrogen-bond donors (Lipinski definition) is 1. The van der Waals surface area contributed by atoms with Crippen molar-refractivity contribution in [3.8, 4) is 0 Å². The molecule has 6 nitrogen and oxygen atoms in total. The summed E-state index contributed by atoms with van der Waals surface area (Å²) in [5.74, 6) is 0.824. The number of nitrogens with one attached hydrogen (secondary N) is 1. The van der Waals surface area contributed by atoms with Crippen LogP contribution in [0.1, 0.15) is 36.0 Å². The van der Waals surface area contributed by atoms with Crippen molar-refractivity contribution in [2.24, 2.45) is 0 Å². The molecule has 30 heavy (non-hydrogen) atoms. The predicted molar refractivity (Wildman–Crippen MR) is 121 cm³/mol. The zero-order chi connectivity index (χ0) is 21.1. The number of aromatic nitrogens is 1. The van der Waals surface area contributed by atoms with Gasteiger partial charge in [-0.2, -0.15) is 0 Å². The number of halogens is 1. The second-order valence-electron chi connectivity index (χ2n) is 7.95. The van der Waals surface area contributed by atoms with Crippen LogP contribution < -0.4 is 10.2 Å². The number of nitrogens with zero attached hydrogens (tertiary/aromatic N) is 3. The number of carbonyl (C=O) groups excluding carboxylic acids is 1. The van der Waals surface area contributed by atoms with Crippen molar-refractivity contribution < 1.29 is 9.21 Å². The molecule has 2 aromatic carbocycles. The first-order valence-corrected chi connectivity index (χ1v) is 10.8. The van der Waals surface area contributed by atoms with E-state index in [0.717, 1.165) is 43.3 Å². The van der Waals surface area contributed by atoms with Gasteiger partial charge in [0.25, 0.3) is 5.91 Å². The number of hydrogen-bond acceptors (Lipinski definition) is 5. The van der Waals surface area contributed by atoms with E-state index in [-0.39, 0.29) is 11.8 Å². The van der Waals surface area contributed by atoms with Gasteiger partial charge in [-0.05, 0) is 36.4 Å². The van der Waals surface area contributed by atoms with Crippen molar-refractivity contribution in [2.75, 3.05) is 44.2 Å². The van der Waals surface area contributed by atoms with Crippen molar-refractivity contribution >= 4 is 34.3 Å². The van der Waals surface area contributed by atoms with E-state index in [4.69, 9.17) is 16.0 Å². The Morgan fingerprint density at radius 3 is 2.70 bits per heavy atom. The summed E-state index contributed by atoms with van der Waals surface area (Å²) >= 11 is 6.10. The number of amides is 1. The number of oxazole rings is 1. The quantitative estimate of drug-likeness (QED) is 0.641. The molecule has 1 N–H and O–H groups in total. The SMILES string of the molecule is CC(C)c1nc2ccc(C(=O)NCCN3CCN(c4cccc(Cl)c4)CC3)cc2o1. The first-order chi connectivity index (χ1) is 14.5. The van der Waals surface area contributed by atoms with Crippen LogP contribution in [-0.2, 0) is 0 Å². The molecule has 158 valence electrons. The molecule has 7 heteroatoms. The fourth-order valence-electron chi connectivity index (χ4n) is 3.66. The van der Waals surface area contributed by atoms with E-state index >= 15 is 0 Å². The molecule has 1 aliphatic heterocycles. The van der Waals surface area contributed by atoms with Gasteiger partial charge in [0.1, 0.15) is 5.52 Å². The summed E-state index contributed by atoms with van der Waals surface area (Å²) < 4.78 is 5.76. The summed E-state index contributed by atoms with van der Waals surface area (Å²) in [6.07, 6.45) is 0. The standard InChI is InChI=1S/C23H27ClN4O2/c1-16(2)23-26-20-7-6-17(14-21(20)30-23)22(29)25-8-9-27-10-12-28(13-11-27)19-5-3-4-18(24)15-19/h3-7,14-16H,8-13H2,1-2H3,(H,25,29). The number of anilines is 1. The highest BCUT2D eigenvalue weighted by molar-refractivity contribution is 6.30. The maximum atomic E-state index is 12.5. The van der Waals surface area contributed by atoms with Gasteiger partial charge in [-0.3, -0.25) is 9.69 Å². The molecule has 2 heterocycles. The number of fused-ring (bicyclic) bond motifs is 1. The lowest BCUT2D eigenvalue weighted by molar-refractivity contribution is 0.0948. The Labute approximate surface area is 181 Å². The number of rotatable bonds is 6. The second kappa shape index (κ2) is 9.06. The van der Waals surface area contributed by atoms with Crippen LogP contribution in [0.5, 0.6) is 0 Å². The van der Waals surface area contributed by atoms with Crippen LogP contribution in [-0.4, -0.2) is 55.1 Å². The number of piperazine rings is 1. The van der Waals surface area contributed by atoms with E-state index in [1.807, 2.05) is 38.1 Å². The molecule has 1 saturated heterocycles. The first-order valence-electron chi connectivity index (χ1n) is 10.4. The fraction of sp³-hybridized carbons (Fsp3) is 0.391. The molecular formula is C23H27ClN4O2. The third kappa shape index (κ3) is 4.77. The first kappa shape index (κ1) is 20.7. The second-order valence-corrected chi connectivity index (χ2v) is 8.39. The van der Waals surface area contributed by atoms with Gasteiger partial charge in [0.05, 0.1) is 0 Å². The highest BCUT2D eigenvalue weighted by atomic mass is 35.5. The zero-order valence-corrected chi connectivity index (χ0v) is 18.2. The third-order valence-electron chi connectivity index (χ3n) is 5.42. The Bertz CT molecular complexity index is 1020. The smallest absolute Gasteiger partial charge is 0.251 e. The summed E-state index contributed by atoms with van der Waals surface area (Å²) in [4.78, 5) is 21.7. The van der Waals surface area contributed by atoms with E-state index in [9.17, 15) is 4.79 Å². The predicted octanol–water partition coefficient (Wildman–Crippen LogP) is 4.16. The third-order valence-corrected chi connectivity index (χ3v) is 5.66. The summed E-state index contributed by atoms with van der Waals surface area (Å²) in [6.45, 7) is 9.34. The molecule has 1 fully saturated rings. The molecule has 1 amide bonds. The largest absolute Gasteiger partial charge is 0.440 e. The van der Waals surface area contributed by atoms with E-state index in [1.54, 1.807) is 12.1 Å². The van der Waals surface area contributed by atoms with Gasteiger partial charge in [-0.1, -0.05) is 31.5 Å². The lowest BCUT2D eigenvalue weighted by atomic mass is 10.2. The minimum absolute atomic E-state index is 0.0861. The highest BCUT2D eigenvalue weighted by Crippen LogP contribution is 2.22. The van der Waals surface area contributed by atoms with Crippen LogP contribution in [0.15, 0.2) is 46.9 Å². The Kier molecular flexibility index (Phi) is 6.25. The van der Waals surface area contributed by atoms with Gasteiger partial charge in [0, 0.05) is 61.5 Å². The Morgan fingerprint density at radius 2 is 1.97 bits per heavy atom. The van der Waals surface area contributed by atoms with Crippen molar-refractivity contribution in [1.29, 1.82) is 0 Å². The van der Waals surface area contributed by atoms with Crippen molar-refractivity contribution in [1.82, 2.24) is 15.2 Å². The molecule has 0 radical (unpaired) electrons. The van der Waals surface area contributed by atoms with E-state index in [1.165, 1.54) is 5.69 Å². The van der Waals surface area contributed by atoms with Crippen molar-refractivity contribution in [2.45, 2.75) is 19.8 Å². The number of benzene rings is 2. The highest BCUT2D eigenvalue weighted by Gasteiger charge is 2.18. The molecule has 0 saturated carbocycles. The van der Waals surface area contributed by atoms with Gasteiger partial charge in [0.15, 0.2) is 11.5 Å². The van der Waals surface area contributed by atoms with Gasteiger partial charge < -0.3 is 14.6 Å². The van der Waals surface area contributed by atoms with E-state index in [0.29, 0.717) is 23.6 Å². The molecule has 0 atom stereocenters. The summed E-state index contributed by atoms with van der Waals surface area (Å²) in [7, 11) is 0. The molecule has 0 spiro atoms. The van der Waals surface area contributed by atoms with Gasteiger partial charge in [-0.15, -0.1) is 0 Å². The van der Waals surface area contributed by atoms with Crippen LogP contribution in [0.2, 0.25) is 5.02 Å². The molecule has 0 unspecified atom stereocenters. The molecule has 3 aromatic rings. The minimum atomic E-state index is -0.0861. The van der Waals surface area contributed by atoms with Crippen LogP contribution in [0, 0.1) is 0 Å².